The molecule has 5 N–H and O–H groups in total. The summed E-state index contributed by atoms with van der Waals surface area (Å²) >= 11 is 12.0. The third kappa shape index (κ3) is 5.16. The van der Waals surface area contributed by atoms with Crippen molar-refractivity contribution < 1.29 is 9.59 Å². The standard InChI is InChI=1S/C26H19Cl2N5O2/c27-15-6-9-23(22(28)11-15)33-26(35)31-18-4-1-3-17(12-18)30-19-7-8-20-21(13-16-5-2-10-29-16)25(34)32-24(20)14-19/h1-14,29-30H,(H,32,34)(H2,31,33,35)/b21-13-. The molecule has 9 heteroatoms. The first kappa shape index (κ1) is 22.6. The second-order valence-electron chi connectivity index (χ2n) is 7.81. The molecule has 5 rings (SSSR count). The number of urea groups is 1. The molecule has 2 heterocycles. The van der Waals surface area contributed by atoms with Gasteiger partial charge in [0.2, 0.25) is 0 Å². The summed E-state index contributed by atoms with van der Waals surface area (Å²) < 4.78 is 0. The van der Waals surface area contributed by atoms with Gasteiger partial charge < -0.3 is 26.3 Å². The molecule has 1 aliphatic rings. The van der Waals surface area contributed by atoms with E-state index in [0.717, 1.165) is 28.3 Å². The Hall–Kier alpha value is -4.20. The van der Waals surface area contributed by atoms with Crippen molar-refractivity contribution in [1.29, 1.82) is 0 Å². The lowest BCUT2D eigenvalue weighted by molar-refractivity contribution is -0.110. The molecule has 3 amide bonds. The van der Waals surface area contributed by atoms with Crippen LogP contribution in [0.4, 0.5) is 33.2 Å². The highest BCUT2D eigenvalue weighted by Crippen LogP contribution is 2.35. The summed E-state index contributed by atoms with van der Waals surface area (Å²) in [6, 6.07) is 21.1. The fraction of sp³-hybridized carbons (Fsp3) is 0. The minimum Gasteiger partial charge on any atom is -0.362 e. The van der Waals surface area contributed by atoms with E-state index in [4.69, 9.17) is 23.2 Å². The Bertz CT molecular complexity index is 1460. The highest BCUT2D eigenvalue weighted by atomic mass is 35.5. The van der Waals surface area contributed by atoms with Crippen LogP contribution in [0, 0.1) is 0 Å². The lowest BCUT2D eigenvalue weighted by Crippen LogP contribution is -2.19. The molecular formula is C26H19Cl2N5O2. The molecule has 1 aromatic heterocycles. The molecule has 4 aromatic rings. The molecule has 0 aliphatic carbocycles. The monoisotopic (exact) mass is 503 g/mol. The minimum absolute atomic E-state index is 0.148. The van der Waals surface area contributed by atoms with Gasteiger partial charge >= 0.3 is 6.03 Å². The molecule has 0 saturated heterocycles. The second-order valence-corrected chi connectivity index (χ2v) is 8.65. The Kier molecular flexibility index (Phi) is 6.18. The highest BCUT2D eigenvalue weighted by molar-refractivity contribution is 6.37. The van der Waals surface area contributed by atoms with E-state index in [-0.39, 0.29) is 5.91 Å². The van der Waals surface area contributed by atoms with Crippen molar-refractivity contribution in [3.05, 3.63) is 100 Å². The third-order valence-electron chi connectivity index (χ3n) is 5.31. The van der Waals surface area contributed by atoms with Crippen LogP contribution in [0.15, 0.2) is 79.0 Å². The Balaban J connectivity index is 1.28. The van der Waals surface area contributed by atoms with Crippen LogP contribution in [0.1, 0.15) is 11.3 Å². The molecule has 1 aliphatic heterocycles. The van der Waals surface area contributed by atoms with Gasteiger partial charge in [0, 0.05) is 39.5 Å². The maximum Gasteiger partial charge on any atom is 0.323 e. The van der Waals surface area contributed by atoms with E-state index in [2.05, 4.69) is 26.3 Å². The number of hydrogen-bond acceptors (Lipinski definition) is 3. The minimum atomic E-state index is -0.437. The van der Waals surface area contributed by atoms with E-state index < -0.39 is 6.03 Å². The number of nitrogens with one attached hydrogen (secondary N) is 5. The van der Waals surface area contributed by atoms with E-state index in [0.29, 0.717) is 27.0 Å². The van der Waals surface area contributed by atoms with Crippen LogP contribution >= 0.6 is 23.2 Å². The zero-order valence-electron chi connectivity index (χ0n) is 18.2. The van der Waals surface area contributed by atoms with Crippen molar-refractivity contribution in [2.45, 2.75) is 0 Å². The maximum atomic E-state index is 12.5. The average Bonchev–Trinajstić information content (AvgIpc) is 3.44. The number of halogens is 2. The number of carbonyl (C=O) groups is 2. The number of aromatic amines is 1. The molecule has 0 atom stereocenters. The van der Waals surface area contributed by atoms with Crippen LogP contribution in [0.5, 0.6) is 0 Å². The van der Waals surface area contributed by atoms with Gasteiger partial charge in [-0.05, 0) is 66.7 Å². The number of carbonyl (C=O) groups excluding carboxylic acids is 2. The molecular weight excluding hydrogens is 485 g/mol. The number of amides is 3. The van der Waals surface area contributed by atoms with Crippen molar-refractivity contribution in [2.24, 2.45) is 0 Å². The van der Waals surface area contributed by atoms with Gasteiger partial charge in [0.25, 0.3) is 5.91 Å². The second kappa shape index (κ2) is 9.58. The molecule has 0 saturated carbocycles. The van der Waals surface area contributed by atoms with E-state index in [1.165, 1.54) is 0 Å². The first-order chi connectivity index (χ1) is 16.9. The van der Waals surface area contributed by atoms with Crippen molar-refractivity contribution in [3.8, 4) is 0 Å². The predicted octanol–water partition coefficient (Wildman–Crippen LogP) is 7.20. The number of benzene rings is 3. The largest absolute Gasteiger partial charge is 0.362 e. The number of H-pyrrole nitrogens is 1. The van der Waals surface area contributed by atoms with Gasteiger partial charge in [-0.15, -0.1) is 0 Å². The van der Waals surface area contributed by atoms with Crippen LogP contribution in [0.3, 0.4) is 0 Å². The van der Waals surface area contributed by atoms with E-state index >= 15 is 0 Å². The summed E-state index contributed by atoms with van der Waals surface area (Å²) in [6.07, 6.45) is 3.64. The maximum absolute atomic E-state index is 12.5. The van der Waals surface area contributed by atoms with E-state index in [9.17, 15) is 9.59 Å². The number of aromatic nitrogens is 1. The quantitative estimate of drug-likeness (QED) is 0.186. The molecule has 174 valence electrons. The zero-order chi connectivity index (χ0) is 24.4. The lowest BCUT2D eigenvalue weighted by atomic mass is 10.1. The van der Waals surface area contributed by atoms with Crippen LogP contribution < -0.4 is 21.3 Å². The number of fused-ring (bicyclic) bond motifs is 1. The lowest BCUT2D eigenvalue weighted by Gasteiger charge is -2.12. The highest BCUT2D eigenvalue weighted by Gasteiger charge is 2.24. The first-order valence-corrected chi connectivity index (χ1v) is 11.4. The average molecular weight is 504 g/mol. The van der Waals surface area contributed by atoms with Crippen molar-refractivity contribution in [2.75, 3.05) is 21.3 Å². The Labute approximate surface area is 211 Å². The molecule has 0 bridgehead atoms. The van der Waals surface area contributed by atoms with E-state index in [1.54, 1.807) is 30.3 Å². The SMILES string of the molecule is O=C(Nc1cccc(Nc2ccc3c(c2)NC(=O)/C3=C\c2ccc[nH]2)c1)Nc1ccc(Cl)cc1Cl. The van der Waals surface area contributed by atoms with Crippen LogP contribution in [0.2, 0.25) is 10.0 Å². The van der Waals surface area contributed by atoms with Gasteiger partial charge in [-0.1, -0.05) is 35.3 Å². The summed E-state index contributed by atoms with van der Waals surface area (Å²) in [5, 5.41) is 12.5. The normalized spacial score (nSPS) is 13.3. The molecule has 0 spiro atoms. The topological polar surface area (TPSA) is 98.1 Å². The third-order valence-corrected chi connectivity index (χ3v) is 5.86. The van der Waals surface area contributed by atoms with Crippen LogP contribution in [-0.4, -0.2) is 16.9 Å². The Morgan fingerprint density at radius 3 is 2.49 bits per heavy atom. The fourth-order valence-corrected chi connectivity index (χ4v) is 4.18. The molecule has 0 unspecified atom stereocenters. The van der Waals surface area contributed by atoms with Gasteiger partial charge in [-0.2, -0.15) is 0 Å². The number of rotatable bonds is 5. The Morgan fingerprint density at radius 1 is 0.857 bits per heavy atom. The van der Waals surface area contributed by atoms with E-state index in [1.807, 2.05) is 54.7 Å². The number of hydrogen-bond donors (Lipinski definition) is 5. The first-order valence-electron chi connectivity index (χ1n) is 10.7. The zero-order valence-corrected chi connectivity index (χ0v) is 19.7. The van der Waals surface area contributed by atoms with Gasteiger partial charge in [0.15, 0.2) is 0 Å². The smallest absolute Gasteiger partial charge is 0.323 e. The number of anilines is 5. The van der Waals surface area contributed by atoms with Crippen molar-refractivity contribution >= 4 is 75.2 Å². The molecule has 0 fully saturated rings. The summed E-state index contributed by atoms with van der Waals surface area (Å²) in [4.78, 5) is 28.0. The van der Waals surface area contributed by atoms with Gasteiger partial charge in [-0.25, -0.2) is 4.79 Å². The Morgan fingerprint density at radius 2 is 1.69 bits per heavy atom. The molecule has 3 aromatic carbocycles. The summed E-state index contributed by atoms with van der Waals surface area (Å²) in [5.41, 5.74) is 5.62. The van der Waals surface area contributed by atoms with Gasteiger partial charge in [0.05, 0.1) is 22.0 Å². The molecule has 35 heavy (non-hydrogen) atoms. The van der Waals surface area contributed by atoms with Crippen molar-refractivity contribution in [1.82, 2.24) is 4.98 Å². The van der Waals surface area contributed by atoms with Crippen LogP contribution in [0.25, 0.3) is 11.6 Å². The predicted molar refractivity (Wildman–Crippen MR) is 143 cm³/mol. The van der Waals surface area contributed by atoms with Gasteiger partial charge in [-0.3, -0.25) is 4.79 Å². The summed E-state index contributed by atoms with van der Waals surface area (Å²) in [6.45, 7) is 0. The molecule has 0 radical (unpaired) electrons. The summed E-state index contributed by atoms with van der Waals surface area (Å²) in [5.74, 6) is -0.148. The fourth-order valence-electron chi connectivity index (χ4n) is 3.72. The van der Waals surface area contributed by atoms with Crippen molar-refractivity contribution in [3.63, 3.8) is 0 Å². The molecule has 7 nitrogen and oxygen atoms in total. The van der Waals surface area contributed by atoms with Crippen LogP contribution in [-0.2, 0) is 4.79 Å². The van der Waals surface area contributed by atoms with Gasteiger partial charge in [0.1, 0.15) is 0 Å². The summed E-state index contributed by atoms with van der Waals surface area (Å²) in [7, 11) is 0.